The molecule has 1 atom stereocenters. The van der Waals surface area contributed by atoms with E-state index in [9.17, 15) is 4.79 Å². The van der Waals surface area contributed by atoms with Gasteiger partial charge in [0.05, 0.1) is 0 Å². The monoisotopic (exact) mass is 411 g/mol. The lowest BCUT2D eigenvalue weighted by molar-refractivity contribution is -0.130. The molecule has 0 bridgehead atoms. The molecule has 4 nitrogen and oxygen atoms in total. The first-order valence-corrected chi connectivity index (χ1v) is 9.79. The highest BCUT2D eigenvalue weighted by atomic mass is 79.9. The number of halogens is 1. The number of carbonyl (C=O) groups excluding carboxylic acids is 1. The second-order valence-electron chi connectivity index (χ2n) is 7.15. The first kappa shape index (κ1) is 17.3. The first-order valence-electron chi connectivity index (χ1n) is 8.88. The Morgan fingerprint density at radius 3 is 2.77 bits per heavy atom. The Morgan fingerprint density at radius 2 is 2.04 bits per heavy atom. The van der Waals surface area contributed by atoms with Crippen molar-refractivity contribution in [2.45, 2.75) is 38.2 Å². The lowest BCUT2D eigenvalue weighted by Crippen LogP contribution is -2.35. The molecule has 26 heavy (non-hydrogen) atoms. The molecular formula is C21H22BrN3O. The molecule has 1 amide bonds. The molecule has 0 saturated carbocycles. The smallest absolute Gasteiger partial charge is 0.242 e. The van der Waals surface area contributed by atoms with Crippen molar-refractivity contribution >= 4 is 32.7 Å². The standard InChI is InChI=1S/C21H22BrN3O/c1-13-4-7-18-16(10-13)17-12-24(3)21(26)19(22)20(17)25(18)9-8-15-6-5-14(2)23-11-15/h4-7,10-11,19H,8-9,12H2,1-3H3. The van der Waals surface area contributed by atoms with Crippen LogP contribution in [0.5, 0.6) is 0 Å². The number of rotatable bonds is 3. The molecule has 0 aliphatic carbocycles. The van der Waals surface area contributed by atoms with Crippen LogP contribution >= 0.6 is 15.9 Å². The fourth-order valence-electron chi connectivity index (χ4n) is 3.77. The summed E-state index contributed by atoms with van der Waals surface area (Å²) in [7, 11) is 1.87. The predicted molar refractivity (Wildman–Crippen MR) is 107 cm³/mol. The van der Waals surface area contributed by atoms with Gasteiger partial charge in [-0.15, -0.1) is 0 Å². The highest BCUT2D eigenvalue weighted by Crippen LogP contribution is 2.40. The lowest BCUT2D eigenvalue weighted by Gasteiger charge is -2.28. The van der Waals surface area contributed by atoms with Gasteiger partial charge in [0.1, 0.15) is 4.83 Å². The number of nitrogens with zero attached hydrogens (tertiary/aromatic N) is 3. The summed E-state index contributed by atoms with van der Waals surface area (Å²) in [4.78, 5) is 18.5. The molecule has 2 aromatic heterocycles. The highest BCUT2D eigenvalue weighted by molar-refractivity contribution is 9.09. The van der Waals surface area contributed by atoms with E-state index < -0.39 is 0 Å². The van der Waals surface area contributed by atoms with Crippen molar-refractivity contribution in [1.29, 1.82) is 0 Å². The Balaban J connectivity index is 1.80. The quantitative estimate of drug-likeness (QED) is 0.602. The minimum atomic E-state index is -0.292. The number of fused-ring (bicyclic) bond motifs is 3. The fraction of sp³-hybridized carbons (Fsp3) is 0.333. The molecule has 3 heterocycles. The molecule has 1 unspecified atom stereocenters. The van der Waals surface area contributed by atoms with E-state index in [1.165, 1.54) is 27.6 Å². The zero-order valence-electron chi connectivity index (χ0n) is 15.3. The number of hydrogen-bond donors (Lipinski definition) is 0. The third kappa shape index (κ3) is 2.84. The summed E-state index contributed by atoms with van der Waals surface area (Å²) in [5, 5.41) is 1.26. The summed E-state index contributed by atoms with van der Waals surface area (Å²) in [6.45, 7) is 5.61. The molecule has 0 saturated heterocycles. The number of aromatic nitrogens is 2. The number of likely N-dealkylation sites (N-methyl/N-ethyl adjacent to an activating group) is 1. The van der Waals surface area contributed by atoms with Crippen molar-refractivity contribution < 1.29 is 4.79 Å². The zero-order valence-corrected chi connectivity index (χ0v) is 16.9. The number of benzene rings is 1. The third-order valence-corrected chi connectivity index (χ3v) is 6.02. The van der Waals surface area contributed by atoms with Crippen LogP contribution in [0, 0.1) is 13.8 Å². The van der Waals surface area contributed by atoms with Crippen LogP contribution in [0.4, 0.5) is 0 Å². The maximum absolute atomic E-state index is 12.6. The van der Waals surface area contributed by atoms with Gasteiger partial charge >= 0.3 is 0 Å². The molecular weight excluding hydrogens is 390 g/mol. The normalized spacial score (nSPS) is 17.0. The molecule has 3 aromatic rings. The Labute approximate surface area is 162 Å². The van der Waals surface area contributed by atoms with E-state index in [2.05, 4.69) is 56.7 Å². The summed E-state index contributed by atoms with van der Waals surface area (Å²) in [5.74, 6) is 0.121. The minimum absolute atomic E-state index is 0.121. The second-order valence-corrected chi connectivity index (χ2v) is 8.07. The summed E-state index contributed by atoms with van der Waals surface area (Å²) in [6.07, 6.45) is 2.84. The number of pyridine rings is 1. The SMILES string of the molecule is Cc1ccc2c(c1)c1c(n2CCc2ccc(C)nc2)C(Br)C(=O)N(C)C1. The van der Waals surface area contributed by atoms with Crippen LogP contribution < -0.4 is 0 Å². The van der Waals surface area contributed by atoms with Crippen LogP contribution in [0.2, 0.25) is 0 Å². The number of alkyl halides is 1. The van der Waals surface area contributed by atoms with Crippen LogP contribution in [0.25, 0.3) is 10.9 Å². The molecule has 5 heteroatoms. The number of carbonyl (C=O) groups is 1. The molecule has 1 aliphatic rings. The van der Waals surface area contributed by atoms with Gasteiger partial charge in [-0.25, -0.2) is 0 Å². The lowest BCUT2D eigenvalue weighted by atomic mass is 10.0. The molecule has 1 aromatic carbocycles. The van der Waals surface area contributed by atoms with Gasteiger partial charge in [-0.2, -0.15) is 0 Å². The molecule has 0 fully saturated rings. The van der Waals surface area contributed by atoms with Crippen LogP contribution in [-0.4, -0.2) is 27.4 Å². The number of amides is 1. The number of hydrogen-bond acceptors (Lipinski definition) is 2. The van der Waals surface area contributed by atoms with Crippen molar-refractivity contribution in [1.82, 2.24) is 14.5 Å². The van der Waals surface area contributed by atoms with Gasteiger partial charge < -0.3 is 9.47 Å². The van der Waals surface area contributed by atoms with Gasteiger partial charge in [-0.3, -0.25) is 9.78 Å². The summed E-state index contributed by atoms with van der Waals surface area (Å²) in [6, 6.07) is 10.7. The molecule has 0 radical (unpaired) electrons. The van der Waals surface area contributed by atoms with Crippen molar-refractivity contribution in [2.24, 2.45) is 0 Å². The van der Waals surface area contributed by atoms with E-state index >= 15 is 0 Å². The second kappa shape index (κ2) is 6.54. The minimum Gasteiger partial charge on any atom is -0.342 e. The van der Waals surface area contributed by atoms with Crippen LogP contribution in [0.15, 0.2) is 36.5 Å². The fourth-order valence-corrected chi connectivity index (χ4v) is 4.64. The van der Waals surface area contributed by atoms with Gasteiger partial charge in [0.25, 0.3) is 0 Å². The largest absolute Gasteiger partial charge is 0.342 e. The van der Waals surface area contributed by atoms with Gasteiger partial charge in [-0.1, -0.05) is 33.6 Å². The molecule has 1 aliphatic heterocycles. The van der Waals surface area contributed by atoms with Gasteiger partial charge in [0.15, 0.2) is 0 Å². The molecule has 0 spiro atoms. The summed E-state index contributed by atoms with van der Waals surface area (Å²) < 4.78 is 2.31. The topological polar surface area (TPSA) is 38.1 Å². The van der Waals surface area contributed by atoms with Crippen molar-refractivity contribution in [3.05, 3.63) is 64.6 Å². The van der Waals surface area contributed by atoms with E-state index in [-0.39, 0.29) is 10.7 Å². The maximum Gasteiger partial charge on any atom is 0.242 e. The molecule has 134 valence electrons. The van der Waals surface area contributed by atoms with Crippen LogP contribution in [0.3, 0.4) is 0 Å². The van der Waals surface area contributed by atoms with E-state index in [0.717, 1.165) is 24.4 Å². The summed E-state index contributed by atoms with van der Waals surface area (Å²) >= 11 is 3.65. The van der Waals surface area contributed by atoms with E-state index in [1.54, 1.807) is 4.90 Å². The van der Waals surface area contributed by atoms with E-state index in [0.29, 0.717) is 6.54 Å². The predicted octanol–water partition coefficient (Wildman–Crippen LogP) is 4.30. The average Bonchev–Trinajstić information content (AvgIpc) is 2.92. The number of aryl methyl sites for hydroxylation is 4. The van der Waals surface area contributed by atoms with Gasteiger partial charge in [0.2, 0.25) is 5.91 Å². The van der Waals surface area contributed by atoms with Crippen LogP contribution in [-0.2, 0) is 24.3 Å². The zero-order chi connectivity index (χ0) is 18.4. The van der Waals surface area contributed by atoms with Crippen molar-refractivity contribution in [2.75, 3.05) is 7.05 Å². The highest BCUT2D eigenvalue weighted by Gasteiger charge is 2.34. The Kier molecular flexibility index (Phi) is 4.35. The van der Waals surface area contributed by atoms with E-state index in [4.69, 9.17) is 0 Å². The third-order valence-electron chi connectivity index (χ3n) is 5.19. The maximum atomic E-state index is 12.6. The Bertz CT molecular complexity index is 991. The van der Waals surface area contributed by atoms with Gasteiger partial charge in [-0.05, 0) is 44.0 Å². The van der Waals surface area contributed by atoms with Crippen LogP contribution in [0.1, 0.15) is 32.9 Å². The van der Waals surface area contributed by atoms with Crippen molar-refractivity contribution in [3.8, 4) is 0 Å². The molecule has 0 N–H and O–H groups in total. The summed E-state index contributed by atoms with van der Waals surface area (Å²) in [5.41, 5.74) is 7.05. The molecule has 4 rings (SSSR count). The van der Waals surface area contributed by atoms with Gasteiger partial charge in [0, 0.05) is 54.2 Å². The Hall–Kier alpha value is -2.14. The first-order chi connectivity index (χ1) is 12.5. The van der Waals surface area contributed by atoms with E-state index in [1.807, 2.05) is 26.2 Å². The Morgan fingerprint density at radius 1 is 1.23 bits per heavy atom. The van der Waals surface area contributed by atoms with Crippen molar-refractivity contribution in [3.63, 3.8) is 0 Å². The average molecular weight is 412 g/mol.